The highest BCUT2D eigenvalue weighted by molar-refractivity contribution is 6.32. The number of H-pyrrole nitrogens is 8. The molecule has 54 heavy (non-hydrogen) atoms. The molecule has 10 heteroatoms. The molecule has 2 aliphatic heterocycles. The second-order valence-electron chi connectivity index (χ2n) is 14.2. The van der Waals surface area contributed by atoms with Gasteiger partial charge < -0.3 is 50.1 Å². The number of nitrogens with one attached hydrogen (secondary N) is 8. The SMILES string of the molecule is Oc1c(O)c2c3c4[nH]c(c3c1c1c3[nH]c(c21)=Cc1ccc([nH]1)C=c1ccc([nH]1)=Cc1ccc([nH]1)C=3)=Cc1ccc([nH]1)C=c1ccc([nH]1)=Cc1ccc([nH]1)C=4. The number of phenols is 4. The number of rotatable bonds is 0. The Morgan fingerprint density at radius 1 is 0.241 bits per heavy atom. The summed E-state index contributed by atoms with van der Waals surface area (Å²) in [6, 6.07) is 24.6. The minimum absolute atomic E-state index is 0.152. The molecule has 0 saturated heterocycles. The van der Waals surface area contributed by atoms with Crippen LogP contribution in [-0.4, -0.2) is 50.1 Å². The van der Waals surface area contributed by atoms with Gasteiger partial charge in [-0.05, 0) is 121 Å². The zero-order valence-corrected chi connectivity index (χ0v) is 28.4. The number of phenolic OH excluding ortho intramolecular Hbond substituents is 2. The fourth-order valence-corrected chi connectivity index (χ4v) is 8.39. The predicted molar refractivity (Wildman–Crippen MR) is 212 cm³/mol. The molecule has 13 rings (SSSR count). The van der Waals surface area contributed by atoms with Crippen LogP contribution in [0.1, 0.15) is 45.6 Å². The standard InChI is InChI=1S/C44H30N8O2/c53-43-41-37-33-17-29-9-5-25(47-29)13-21-1-2-22(45-21)14-26-6-10-30(48-26)18-34(51-33)38(37)42(44(43)54)40-36-20-32-12-8-28(50-32)16-24-4-3-23(46-24)15-27-7-11-31(49-27)19-35(52-36)39(40)41/h1-20,45-54H. The largest absolute Gasteiger partial charge is 0.504 e. The number of aromatic amines is 8. The lowest BCUT2D eigenvalue weighted by atomic mass is 9.92. The van der Waals surface area contributed by atoms with Crippen LogP contribution in [0.4, 0.5) is 0 Å². The van der Waals surface area contributed by atoms with Gasteiger partial charge in [-0.2, -0.15) is 0 Å². The van der Waals surface area contributed by atoms with Crippen LogP contribution in [0.3, 0.4) is 0 Å². The average Bonchev–Trinajstić information content (AvgIpc) is 4.00. The Morgan fingerprint density at radius 2 is 0.481 bits per heavy atom. The van der Waals surface area contributed by atoms with Gasteiger partial charge in [-0.15, -0.1) is 0 Å². The van der Waals surface area contributed by atoms with Crippen LogP contribution in [0.15, 0.2) is 72.8 Å². The topological polar surface area (TPSA) is 167 Å². The van der Waals surface area contributed by atoms with Crippen molar-refractivity contribution in [1.29, 1.82) is 0 Å². The summed E-state index contributed by atoms with van der Waals surface area (Å²) in [7, 11) is 0. The van der Waals surface area contributed by atoms with Gasteiger partial charge in [0, 0.05) is 121 Å². The quantitative estimate of drug-likeness (QED) is 0.109. The van der Waals surface area contributed by atoms with E-state index in [2.05, 4.69) is 113 Å². The van der Waals surface area contributed by atoms with Crippen LogP contribution >= 0.6 is 0 Å². The Hall–Kier alpha value is -7.72. The third kappa shape index (κ3) is 4.34. The third-order valence-corrected chi connectivity index (χ3v) is 10.6. The predicted octanol–water partition coefficient (Wildman–Crippen LogP) is 1.88. The van der Waals surface area contributed by atoms with Gasteiger partial charge in [0.2, 0.25) is 0 Å². The van der Waals surface area contributed by atoms with Crippen LogP contribution in [-0.2, 0) is 0 Å². The Kier molecular flexibility index (Phi) is 5.58. The molecule has 2 aliphatic rings. The van der Waals surface area contributed by atoms with E-state index in [1.807, 2.05) is 48.5 Å². The summed E-state index contributed by atoms with van der Waals surface area (Å²) in [5.41, 5.74) is 7.35. The van der Waals surface area contributed by atoms with Gasteiger partial charge in [0.25, 0.3) is 0 Å². The fraction of sp³-hybridized carbons (Fsp3) is 0. The van der Waals surface area contributed by atoms with Gasteiger partial charge in [-0.3, -0.25) is 0 Å². The number of hydrogen-bond acceptors (Lipinski definition) is 2. The van der Waals surface area contributed by atoms with Gasteiger partial charge >= 0.3 is 0 Å². The van der Waals surface area contributed by atoms with Crippen molar-refractivity contribution in [2.75, 3.05) is 0 Å². The number of fused-ring (bicyclic) bond motifs is 17. The van der Waals surface area contributed by atoms with Gasteiger partial charge in [0.05, 0.1) is 0 Å². The normalized spacial score (nSPS) is 13.4. The number of benzene rings is 3. The first-order valence-electron chi connectivity index (χ1n) is 17.8. The number of aromatic hydroxyl groups is 2. The highest BCUT2D eigenvalue weighted by Gasteiger charge is 2.26. The molecule has 0 unspecified atom stereocenters. The average molecular weight is 703 g/mol. The van der Waals surface area contributed by atoms with Gasteiger partial charge in [0.1, 0.15) is 0 Å². The summed E-state index contributed by atoms with van der Waals surface area (Å²) in [4.78, 5) is 28.5. The lowest BCUT2D eigenvalue weighted by Gasteiger charge is -2.12. The van der Waals surface area contributed by atoms with Crippen LogP contribution in [0.5, 0.6) is 11.5 Å². The van der Waals surface area contributed by atoms with Crippen molar-refractivity contribution in [1.82, 2.24) is 39.9 Å². The van der Waals surface area contributed by atoms with Crippen molar-refractivity contribution in [3.8, 4) is 11.5 Å². The van der Waals surface area contributed by atoms with Crippen LogP contribution in [0.2, 0.25) is 0 Å². The van der Waals surface area contributed by atoms with Gasteiger partial charge in [-0.1, -0.05) is 0 Å². The van der Waals surface area contributed by atoms with Crippen LogP contribution in [0.25, 0.3) is 80.9 Å². The van der Waals surface area contributed by atoms with E-state index >= 15 is 0 Å². The molecule has 0 saturated carbocycles. The van der Waals surface area contributed by atoms with Crippen molar-refractivity contribution < 1.29 is 10.2 Å². The molecule has 10 N–H and O–H groups in total. The van der Waals surface area contributed by atoms with E-state index in [9.17, 15) is 10.2 Å². The summed E-state index contributed by atoms with van der Waals surface area (Å²) in [6.07, 6.45) is 16.5. The van der Waals surface area contributed by atoms with Gasteiger partial charge in [0.15, 0.2) is 11.5 Å². The van der Waals surface area contributed by atoms with E-state index in [0.717, 1.165) is 110 Å². The molecule has 8 aromatic heterocycles. The first kappa shape index (κ1) is 28.9. The first-order valence-corrected chi connectivity index (χ1v) is 17.8. The summed E-state index contributed by atoms with van der Waals surface area (Å²) in [5, 5.41) is 35.4. The van der Waals surface area contributed by atoms with Crippen LogP contribution < -0.4 is 42.8 Å². The molecule has 0 atom stereocenters. The Balaban J connectivity index is 1.24. The molecule has 258 valence electrons. The maximum absolute atomic E-state index is 11.9. The summed E-state index contributed by atoms with van der Waals surface area (Å²) in [5.74, 6) is -0.303. The number of hydrogen-bond donors (Lipinski definition) is 10. The summed E-state index contributed by atoms with van der Waals surface area (Å²) < 4.78 is 0. The van der Waals surface area contributed by atoms with Crippen molar-refractivity contribution in [3.05, 3.63) is 161 Å². The summed E-state index contributed by atoms with van der Waals surface area (Å²) in [6.45, 7) is 0. The van der Waals surface area contributed by atoms with Crippen molar-refractivity contribution in [2.45, 2.75) is 0 Å². The minimum Gasteiger partial charge on any atom is -0.504 e. The molecule has 0 amide bonds. The molecule has 0 spiro atoms. The van der Waals surface area contributed by atoms with E-state index in [1.54, 1.807) is 0 Å². The van der Waals surface area contributed by atoms with E-state index < -0.39 is 0 Å². The molecule has 3 aromatic carbocycles. The second-order valence-corrected chi connectivity index (χ2v) is 14.2. The fourth-order valence-electron chi connectivity index (χ4n) is 8.39. The van der Waals surface area contributed by atoms with E-state index in [4.69, 9.17) is 0 Å². The highest BCUT2D eigenvalue weighted by atomic mass is 16.3. The molecular weight excluding hydrogens is 673 g/mol. The molecule has 10 nitrogen and oxygen atoms in total. The maximum Gasteiger partial charge on any atom is 0.166 e. The molecule has 0 fully saturated rings. The minimum atomic E-state index is -0.152. The number of aromatic nitrogens is 8. The smallest absolute Gasteiger partial charge is 0.166 e. The zero-order valence-electron chi connectivity index (χ0n) is 28.4. The van der Waals surface area contributed by atoms with Crippen molar-refractivity contribution >= 4 is 80.9 Å². The Labute approximate surface area is 302 Å². The van der Waals surface area contributed by atoms with E-state index in [-0.39, 0.29) is 11.5 Å². The molecule has 11 aromatic rings. The Bertz CT molecular complexity index is 3250. The molecule has 0 aliphatic carbocycles. The van der Waals surface area contributed by atoms with Crippen molar-refractivity contribution in [2.24, 2.45) is 0 Å². The second kappa shape index (κ2) is 10.4. The summed E-state index contributed by atoms with van der Waals surface area (Å²) >= 11 is 0. The Morgan fingerprint density at radius 3 is 0.741 bits per heavy atom. The van der Waals surface area contributed by atoms with E-state index in [1.165, 1.54) is 0 Å². The zero-order chi connectivity index (χ0) is 35.7. The van der Waals surface area contributed by atoms with Gasteiger partial charge in [-0.25, -0.2) is 0 Å². The molecule has 0 radical (unpaired) electrons. The lowest BCUT2D eigenvalue weighted by Crippen LogP contribution is -2.12. The third-order valence-electron chi connectivity index (χ3n) is 10.6. The maximum atomic E-state index is 11.9. The van der Waals surface area contributed by atoms with Crippen molar-refractivity contribution in [3.63, 3.8) is 0 Å². The van der Waals surface area contributed by atoms with Crippen LogP contribution in [0, 0.1) is 0 Å². The molecule has 10 heterocycles. The highest BCUT2D eigenvalue weighted by Crippen LogP contribution is 2.47. The monoisotopic (exact) mass is 702 g/mol. The molecule has 18 bridgehead atoms. The van der Waals surface area contributed by atoms with E-state index in [0.29, 0.717) is 10.8 Å². The first-order chi connectivity index (χ1) is 26.5. The molecular formula is C44H30N8O2. The lowest BCUT2D eigenvalue weighted by molar-refractivity contribution is 0.412.